The monoisotopic (exact) mass is 519 g/mol. The van der Waals surface area contributed by atoms with Crippen LogP contribution in [-0.4, -0.2) is 47.0 Å². The predicted octanol–water partition coefficient (Wildman–Crippen LogP) is 6.23. The molecule has 4 aromatic rings. The van der Waals surface area contributed by atoms with Gasteiger partial charge in [0.25, 0.3) is 5.91 Å². The first kappa shape index (κ1) is 24.7. The molecular weight excluding hydrogens is 490 g/mol. The van der Waals surface area contributed by atoms with Gasteiger partial charge < -0.3 is 15.5 Å². The number of nitrogens with zero attached hydrogens (tertiary/aromatic N) is 3. The van der Waals surface area contributed by atoms with Crippen molar-refractivity contribution in [1.82, 2.24) is 20.2 Å². The first-order valence-corrected chi connectivity index (χ1v) is 13.5. The van der Waals surface area contributed by atoms with Crippen molar-refractivity contribution in [2.45, 2.75) is 44.3 Å². The van der Waals surface area contributed by atoms with E-state index in [1.54, 1.807) is 7.05 Å². The topological polar surface area (TPSA) is 70.2 Å². The summed E-state index contributed by atoms with van der Waals surface area (Å²) in [5.41, 5.74) is 3.05. The van der Waals surface area contributed by atoms with Crippen LogP contribution >= 0.6 is 22.9 Å². The van der Waals surface area contributed by atoms with Crippen LogP contribution in [0.3, 0.4) is 0 Å². The second-order valence-electron chi connectivity index (χ2n) is 9.21. The van der Waals surface area contributed by atoms with Gasteiger partial charge >= 0.3 is 0 Å². The van der Waals surface area contributed by atoms with E-state index in [0.29, 0.717) is 28.4 Å². The van der Waals surface area contributed by atoms with Gasteiger partial charge in [-0.2, -0.15) is 0 Å². The molecule has 0 radical (unpaired) electrons. The number of rotatable bonds is 7. The van der Waals surface area contributed by atoms with E-state index in [-0.39, 0.29) is 11.9 Å². The van der Waals surface area contributed by atoms with Gasteiger partial charge in [0.05, 0.1) is 5.02 Å². The third-order valence-electron chi connectivity index (χ3n) is 7.02. The fourth-order valence-electron chi connectivity index (χ4n) is 4.98. The number of amides is 1. The molecule has 1 fully saturated rings. The Balaban J connectivity index is 1.46. The highest BCUT2D eigenvalue weighted by Gasteiger charge is 2.31. The Labute approximate surface area is 220 Å². The van der Waals surface area contributed by atoms with Gasteiger partial charge in [-0.3, -0.25) is 4.79 Å². The summed E-state index contributed by atoms with van der Waals surface area (Å²) in [5, 5.41) is 7.85. The molecule has 0 unspecified atom stereocenters. The van der Waals surface area contributed by atoms with E-state index in [1.807, 2.05) is 60.7 Å². The molecule has 2 aromatic carbocycles. The van der Waals surface area contributed by atoms with Gasteiger partial charge in [0.15, 0.2) is 0 Å². The molecule has 0 aliphatic heterocycles. The lowest BCUT2D eigenvalue weighted by Gasteiger charge is -2.37. The molecule has 1 aliphatic carbocycles. The van der Waals surface area contributed by atoms with Crippen LogP contribution in [0.25, 0.3) is 21.2 Å². The number of thiophene rings is 1. The molecule has 1 amide bonds. The van der Waals surface area contributed by atoms with Crippen molar-refractivity contribution in [1.29, 1.82) is 0 Å². The number of hydrogen-bond donors (Lipinski definition) is 2. The molecule has 0 saturated heterocycles. The van der Waals surface area contributed by atoms with E-state index in [2.05, 4.69) is 32.7 Å². The minimum atomic E-state index is 0.0150. The van der Waals surface area contributed by atoms with E-state index >= 15 is 0 Å². The third kappa shape index (κ3) is 5.09. The molecule has 1 saturated carbocycles. The van der Waals surface area contributed by atoms with E-state index in [1.165, 1.54) is 11.3 Å². The molecule has 186 valence electrons. The molecular formula is C28H30ClN5OS. The van der Waals surface area contributed by atoms with Gasteiger partial charge in [0.1, 0.15) is 4.88 Å². The molecule has 2 aromatic heterocycles. The molecule has 8 heteroatoms. The average molecular weight is 520 g/mol. The first-order chi connectivity index (χ1) is 17.6. The van der Waals surface area contributed by atoms with Crippen molar-refractivity contribution in [3.63, 3.8) is 0 Å². The summed E-state index contributed by atoms with van der Waals surface area (Å²) < 4.78 is 1.04. The highest BCUT2D eigenvalue weighted by molar-refractivity contribution is 7.21. The molecule has 2 heterocycles. The number of nitrogens with one attached hydrogen (secondary N) is 2. The second kappa shape index (κ2) is 10.9. The number of halogens is 1. The smallest absolute Gasteiger partial charge is 0.266 e. The zero-order valence-corrected chi connectivity index (χ0v) is 22.1. The number of aromatic nitrogens is 2. The number of fused-ring (bicyclic) bond motifs is 1. The van der Waals surface area contributed by atoms with Crippen LogP contribution in [0.2, 0.25) is 5.02 Å². The van der Waals surface area contributed by atoms with Gasteiger partial charge in [-0.05, 0) is 56.0 Å². The Kier molecular flexibility index (Phi) is 7.51. The van der Waals surface area contributed by atoms with Gasteiger partial charge in [-0.25, -0.2) is 9.97 Å². The van der Waals surface area contributed by atoms with E-state index in [4.69, 9.17) is 11.6 Å². The number of benzene rings is 2. The lowest BCUT2D eigenvalue weighted by molar-refractivity contribution is 0.0606. The maximum atomic E-state index is 14.0. The van der Waals surface area contributed by atoms with Crippen molar-refractivity contribution in [2.75, 3.05) is 19.4 Å². The van der Waals surface area contributed by atoms with Crippen LogP contribution in [0, 0.1) is 0 Å². The highest BCUT2D eigenvalue weighted by Crippen LogP contribution is 2.37. The van der Waals surface area contributed by atoms with Crippen molar-refractivity contribution in [3.8, 4) is 11.1 Å². The number of carbonyl (C=O) groups excluding carboxylic acids is 1. The van der Waals surface area contributed by atoms with Crippen LogP contribution in [0.5, 0.6) is 0 Å². The molecule has 0 bridgehead atoms. The third-order valence-corrected chi connectivity index (χ3v) is 8.69. The SMILES string of the molecule is CNc1ncc(-c2cccc(CN(C(=O)c3sc4ccccc4c3Cl)[C@H]3CC[C@H](NC)CC3)c2)cn1. The molecule has 6 nitrogen and oxygen atoms in total. The lowest BCUT2D eigenvalue weighted by Crippen LogP contribution is -2.44. The van der Waals surface area contributed by atoms with E-state index in [0.717, 1.165) is 52.5 Å². The van der Waals surface area contributed by atoms with Crippen LogP contribution < -0.4 is 10.6 Å². The highest BCUT2D eigenvalue weighted by atomic mass is 35.5. The summed E-state index contributed by atoms with van der Waals surface area (Å²) in [6.45, 7) is 0.529. The zero-order chi connectivity index (χ0) is 25.1. The van der Waals surface area contributed by atoms with Gasteiger partial charge in [0, 0.05) is 53.7 Å². The molecule has 36 heavy (non-hydrogen) atoms. The maximum absolute atomic E-state index is 14.0. The molecule has 0 atom stereocenters. The lowest BCUT2D eigenvalue weighted by atomic mass is 9.89. The molecule has 0 spiro atoms. The quantitative estimate of drug-likeness (QED) is 0.303. The molecule has 1 aliphatic rings. The summed E-state index contributed by atoms with van der Waals surface area (Å²) in [7, 11) is 3.82. The Morgan fingerprint density at radius 1 is 1.03 bits per heavy atom. The molecule has 2 N–H and O–H groups in total. The number of hydrogen-bond acceptors (Lipinski definition) is 6. The second-order valence-corrected chi connectivity index (χ2v) is 10.6. The Morgan fingerprint density at radius 3 is 2.47 bits per heavy atom. The van der Waals surface area contributed by atoms with Crippen LogP contribution in [-0.2, 0) is 6.54 Å². The van der Waals surface area contributed by atoms with Crippen molar-refractivity contribution < 1.29 is 4.79 Å². The first-order valence-electron chi connectivity index (χ1n) is 12.3. The van der Waals surface area contributed by atoms with E-state index in [9.17, 15) is 4.79 Å². The van der Waals surface area contributed by atoms with Crippen LogP contribution in [0.15, 0.2) is 60.9 Å². The normalized spacial score (nSPS) is 17.8. The van der Waals surface area contributed by atoms with Gasteiger partial charge in [0.2, 0.25) is 5.95 Å². The fourth-order valence-corrected chi connectivity index (χ4v) is 6.45. The predicted molar refractivity (Wildman–Crippen MR) is 149 cm³/mol. The van der Waals surface area contributed by atoms with Crippen molar-refractivity contribution in [2.24, 2.45) is 0 Å². The summed E-state index contributed by atoms with van der Waals surface area (Å²) in [5.74, 6) is 0.602. The molecule has 5 rings (SSSR count). The minimum Gasteiger partial charge on any atom is -0.357 e. The standard InChI is InChI=1S/C28H30ClN5OS/c1-30-21-10-12-22(13-11-21)34(27(35)26-25(29)23-8-3-4-9-24(23)36-26)17-18-6-5-7-19(14-18)20-15-32-28(31-2)33-16-20/h3-9,14-16,21-22,30H,10-13,17H2,1-2H3,(H,31,32,33)/t21-,22-. The summed E-state index contributed by atoms with van der Waals surface area (Å²) >= 11 is 8.23. The Bertz CT molecular complexity index is 1350. The average Bonchev–Trinajstić information content (AvgIpc) is 3.28. The van der Waals surface area contributed by atoms with E-state index < -0.39 is 0 Å². The summed E-state index contributed by atoms with van der Waals surface area (Å²) in [6.07, 6.45) is 7.69. The summed E-state index contributed by atoms with van der Waals surface area (Å²) in [6, 6.07) is 16.9. The van der Waals surface area contributed by atoms with Crippen molar-refractivity contribution in [3.05, 3.63) is 76.4 Å². The Morgan fingerprint density at radius 2 is 1.78 bits per heavy atom. The minimum absolute atomic E-state index is 0.0150. The Hall–Kier alpha value is -3.00. The summed E-state index contributed by atoms with van der Waals surface area (Å²) in [4.78, 5) is 25.4. The number of anilines is 1. The largest absolute Gasteiger partial charge is 0.357 e. The fraction of sp³-hybridized carbons (Fsp3) is 0.321. The maximum Gasteiger partial charge on any atom is 0.266 e. The van der Waals surface area contributed by atoms with Crippen molar-refractivity contribution >= 4 is 44.9 Å². The van der Waals surface area contributed by atoms with Gasteiger partial charge in [-0.15, -0.1) is 11.3 Å². The van der Waals surface area contributed by atoms with Crippen LogP contribution in [0.1, 0.15) is 40.9 Å². The number of carbonyl (C=O) groups is 1. The van der Waals surface area contributed by atoms with Crippen LogP contribution in [0.4, 0.5) is 5.95 Å². The van der Waals surface area contributed by atoms with Gasteiger partial charge in [-0.1, -0.05) is 48.0 Å². The zero-order valence-electron chi connectivity index (χ0n) is 20.5.